The third-order valence-electron chi connectivity index (χ3n) is 8.49. The summed E-state index contributed by atoms with van der Waals surface area (Å²) in [7, 11) is 0. The summed E-state index contributed by atoms with van der Waals surface area (Å²) in [5.74, 6) is 4.10. The van der Waals surface area contributed by atoms with Crippen molar-refractivity contribution in [3.8, 4) is 0 Å². The molecule has 0 saturated heterocycles. The van der Waals surface area contributed by atoms with Gasteiger partial charge in [0, 0.05) is 6.04 Å². The smallest absolute Gasteiger partial charge is 0.00418 e. The van der Waals surface area contributed by atoms with E-state index in [1.807, 2.05) is 0 Å². The van der Waals surface area contributed by atoms with Gasteiger partial charge in [-0.15, -0.1) is 12.4 Å². The molecule has 0 spiro atoms. The number of hydrogen-bond acceptors (Lipinski definition) is 1. The average molecular weight is 312 g/mol. The molecule has 4 rings (SSSR count). The van der Waals surface area contributed by atoms with Crippen molar-refractivity contribution >= 4 is 12.4 Å². The maximum atomic E-state index is 6.28. The molecule has 122 valence electrons. The van der Waals surface area contributed by atoms with Gasteiger partial charge in [-0.1, -0.05) is 20.3 Å². The van der Waals surface area contributed by atoms with E-state index in [1.165, 1.54) is 64.2 Å². The van der Waals surface area contributed by atoms with Crippen molar-refractivity contribution < 1.29 is 0 Å². The summed E-state index contributed by atoms with van der Waals surface area (Å²) in [6.45, 7) is 5.27. The monoisotopic (exact) mass is 311 g/mol. The highest BCUT2D eigenvalue weighted by Gasteiger charge is 2.57. The van der Waals surface area contributed by atoms with Crippen molar-refractivity contribution in [1.29, 1.82) is 0 Å². The lowest BCUT2D eigenvalue weighted by atomic mass is 9.45. The van der Waals surface area contributed by atoms with Crippen LogP contribution in [0.1, 0.15) is 78.1 Å². The second kappa shape index (κ2) is 5.41. The highest BCUT2D eigenvalue weighted by molar-refractivity contribution is 5.85. The van der Waals surface area contributed by atoms with Crippen LogP contribution in [0.3, 0.4) is 0 Å². The molecule has 1 unspecified atom stereocenters. The fraction of sp³-hybridized carbons (Fsp3) is 1.00. The first-order valence-electron chi connectivity index (χ1n) is 9.28. The minimum absolute atomic E-state index is 0. The van der Waals surface area contributed by atoms with Crippen molar-refractivity contribution in [2.75, 3.05) is 0 Å². The second-order valence-corrected chi connectivity index (χ2v) is 9.28. The maximum absolute atomic E-state index is 6.28. The van der Waals surface area contributed by atoms with E-state index in [9.17, 15) is 0 Å². The minimum Gasteiger partial charge on any atom is -0.328 e. The molecule has 2 N–H and O–H groups in total. The van der Waals surface area contributed by atoms with E-state index >= 15 is 0 Å². The maximum Gasteiger partial charge on any atom is 0.00418 e. The molecule has 0 heterocycles. The van der Waals surface area contributed by atoms with Crippen molar-refractivity contribution in [3.63, 3.8) is 0 Å². The molecular formula is C19H34ClN. The van der Waals surface area contributed by atoms with Crippen LogP contribution >= 0.6 is 12.4 Å². The van der Waals surface area contributed by atoms with Crippen molar-refractivity contribution in [2.45, 2.75) is 84.1 Å². The molecule has 4 fully saturated rings. The molecule has 0 aromatic heterocycles. The zero-order valence-electron chi connectivity index (χ0n) is 13.9. The standard InChI is InChI=1S/C19H33N.ClH/c1-18-9-3-4-16(18)15-6-5-13-12-14(20)7-11-19(13,2)17(15)8-10-18;/h13-17H,3-12,20H2,1-2H3;1H/t13-,14?,15-,16-,17-,18-,19-;/m0./s1. The Labute approximate surface area is 137 Å². The first-order valence-corrected chi connectivity index (χ1v) is 9.28. The van der Waals surface area contributed by atoms with Crippen molar-refractivity contribution in [3.05, 3.63) is 0 Å². The highest BCUT2D eigenvalue weighted by atomic mass is 35.5. The van der Waals surface area contributed by atoms with Crippen molar-refractivity contribution in [1.82, 2.24) is 0 Å². The van der Waals surface area contributed by atoms with Crippen LogP contribution in [0.5, 0.6) is 0 Å². The van der Waals surface area contributed by atoms with E-state index in [-0.39, 0.29) is 12.4 Å². The van der Waals surface area contributed by atoms with Crippen LogP contribution in [-0.2, 0) is 0 Å². The Balaban J connectivity index is 0.00000132. The van der Waals surface area contributed by atoms with Gasteiger partial charge in [-0.05, 0) is 92.3 Å². The zero-order valence-corrected chi connectivity index (χ0v) is 14.8. The second-order valence-electron chi connectivity index (χ2n) is 9.28. The molecule has 1 nitrogen and oxygen atoms in total. The molecule has 4 aliphatic rings. The predicted molar refractivity (Wildman–Crippen MR) is 91.6 cm³/mol. The molecule has 4 saturated carbocycles. The zero-order chi connectivity index (χ0) is 14.0. The summed E-state index contributed by atoms with van der Waals surface area (Å²) in [5, 5.41) is 0. The van der Waals surface area contributed by atoms with Crippen LogP contribution in [-0.4, -0.2) is 6.04 Å². The SMILES string of the molecule is C[C@@]12CCC[C@H]1[C@@H]1CC[C@H]3CC(N)CC[C@]3(C)[C@H]1CC2.Cl. The summed E-state index contributed by atoms with van der Waals surface area (Å²) in [6, 6.07) is 0.505. The summed E-state index contributed by atoms with van der Waals surface area (Å²) < 4.78 is 0. The van der Waals surface area contributed by atoms with Crippen LogP contribution in [0.25, 0.3) is 0 Å². The minimum atomic E-state index is 0. The number of hydrogen-bond donors (Lipinski definition) is 1. The molecule has 7 atom stereocenters. The van der Waals surface area contributed by atoms with Gasteiger partial charge >= 0.3 is 0 Å². The van der Waals surface area contributed by atoms with Gasteiger partial charge in [-0.2, -0.15) is 0 Å². The lowest BCUT2D eigenvalue weighted by molar-refractivity contribution is -0.105. The Morgan fingerprint density at radius 1 is 0.857 bits per heavy atom. The Kier molecular flexibility index (Phi) is 4.15. The molecule has 0 aromatic rings. The quantitative estimate of drug-likeness (QED) is 0.656. The number of fused-ring (bicyclic) bond motifs is 5. The lowest BCUT2D eigenvalue weighted by Gasteiger charge is -2.60. The van der Waals surface area contributed by atoms with Crippen LogP contribution in [0.4, 0.5) is 0 Å². The highest BCUT2D eigenvalue weighted by Crippen LogP contribution is 2.66. The molecule has 4 aliphatic carbocycles. The fourth-order valence-corrected chi connectivity index (χ4v) is 7.28. The molecule has 0 amide bonds. The van der Waals surface area contributed by atoms with Crippen LogP contribution in [0, 0.1) is 34.5 Å². The third kappa shape index (κ3) is 2.29. The molecule has 21 heavy (non-hydrogen) atoms. The van der Waals surface area contributed by atoms with Gasteiger partial charge in [0.05, 0.1) is 0 Å². The van der Waals surface area contributed by atoms with E-state index in [4.69, 9.17) is 5.73 Å². The van der Waals surface area contributed by atoms with Crippen LogP contribution in [0.15, 0.2) is 0 Å². The first kappa shape index (κ1) is 16.1. The van der Waals surface area contributed by atoms with Gasteiger partial charge in [0.25, 0.3) is 0 Å². The van der Waals surface area contributed by atoms with E-state index in [1.54, 1.807) is 0 Å². The largest absolute Gasteiger partial charge is 0.328 e. The number of nitrogens with two attached hydrogens (primary N) is 1. The predicted octanol–water partition coefficient (Wildman–Crippen LogP) is 5.17. The van der Waals surface area contributed by atoms with E-state index in [2.05, 4.69) is 13.8 Å². The average Bonchev–Trinajstić information content (AvgIpc) is 2.81. The van der Waals surface area contributed by atoms with Gasteiger partial charge in [0.1, 0.15) is 0 Å². The van der Waals surface area contributed by atoms with Crippen LogP contribution < -0.4 is 5.73 Å². The normalized spacial score (nSPS) is 55.9. The van der Waals surface area contributed by atoms with Gasteiger partial charge in [0.2, 0.25) is 0 Å². The molecule has 0 radical (unpaired) electrons. The molecule has 0 aromatic carbocycles. The topological polar surface area (TPSA) is 26.0 Å². The Hall–Kier alpha value is 0.250. The number of halogens is 1. The van der Waals surface area contributed by atoms with Gasteiger partial charge in [0.15, 0.2) is 0 Å². The molecule has 0 aliphatic heterocycles. The van der Waals surface area contributed by atoms with Gasteiger partial charge in [-0.25, -0.2) is 0 Å². The molecular weight excluding hydrogens is 278 g/mol. The Bertz CT molecular complexity index is 397. The first-order chi connectivity index (χ1) is 9.53. The Morgan fingerprint density at radius 3 is 2.48 bits per heavy atom. The Morgan fingerprint density at radius 2 is 1.67 bits per heavy atom. The van der Waals surface area contributed by atoms with Gasteiger partial charge < -0.3 is 5.73 Å². The van der Waals surface area contributed by atoms with E-state index < -0.39 is 0 Å². The van der Waals surface area contributed by atoms with Crippen LogP contribution in [0.2, 0.25) is 0 Å². The van der Waals surface area contributed by atoms with Gasteiger partial charge in [-0.3, -0.25) is 0 Å². The van der Waals surface area contributed by atoms with Crippen molar-refractivity contribution in [2.24, 2.45) is 40.2 Å². The summed E-state index contributed by atoms with van der Waals surface area (Å²) in [6.07, 6.45) is 14.7. The number of rotatable bonds is 0. The third-order valence-corrected chi connectivity index (χ3v) is 8.49. The summed E-state index contributed by atoms with van der Waals surface area (Å²) >= 11 is 0. The lowest BCUT2D eigenvalue weighted by Crippen LogP contribution is -2.53. The molecule has 2 heteroatoms. The molecule has 0 bridgehead atoms. The van der Waals surface area contributed by atoms with E-state index in [0.717, 1.165) is 29.1 Å². The van der Waals surface area contributed by atoms with E-state index in [0.29, 0.717) is 11.5 Å². The summed E-state index contributed by atoms with van der Waals surface area (Å²) in [5.41, 5.74) is 7.63. The fourth-order valence-electron chi connectivity index (χ4n) is 7.28. The summed E-state index contributed by atoms with van der Waals surface area (Å²) in [4.78, 5) is 0.